The topological polar surface area (TPSA) is 49.4 Å². The normalized spacial score (nSPS) is 14.7. The van der Waals surface area contributed by atoms with Crippen molar-refractivity contribution in [3.05, 3.63) is 29.8 Å². The molecule has 1 fully saturated rings. The second-order valence-corrected chi connectivity index (χ2v) is 4.99. The summed E-state index contributed by atoms with van der Waals surface area (Å²) in [7, 11) is 1.52. The second-order valence-electron chi connectivity index (χ2n) is 4.99. The molecule has 114 valence electrons. The SMILES string of the molecule is CN(C(=O)C1CC1)c1ccccc1C(=O)NCC(F)(F)F. The number of anilines is 1. The first-order chi connectivity index (χ1) is 9.79. The van der Waals surface area contributed by atoms with Crippen LogP contribution in [0.2, 0.25) is 0 Å². The van der Waals surface area contributed by atoms with E-state index < -0.39 is 18.6 Å². The fourth-order valence-electron chi connectivity index (χ4n) is 1.96. The van der Waals surface area contributed by atoms with E-state index in [4.69, 9.17) is 0 Å². The molecule has 1 aromatic carbocycles. The van der Waals surface area contributed by atoms with Gasteiger partial charge in [-0.3, -0.25) is 9.59 Å². The molecule has 0 unspecified atom stereocenters. The van der Waals surface area contributed by atoms with Gasteiger partial charge in [-0.2, -0.15) is 13.2 Å². The van der Waals surface area contributed by atoms with E-state index in [1.165, 1.54) is 18.0 Å². The van der Waals surface area contributed by atoms with E-state index in [1.807, 2.05) is 5.32 Å². The minimum atomic E-state index is -4.47. The van der Waals surface area contributed by atoms with E-state index in [-0.39, 0.29) is 17.4 Å². The third-order valence-corrected chi connectivity index (χ3v) is 3.22. The lowest BCUT2D eigenvalue weighted by molar-refractivity contribution is -0.123. The van der Waals surface area contributed by atoms with Gasteiger partial charge in [-0.05, 0) is 25.0 Å². The van der Waals surface area contributed by atoms with Crippen LogP contribution in [-0.4, -0.2) is 31.6 Å². The van der Waals surface area contributed by atoms with Crippen LogP contribution in [0.4, 0.5) is 18.9 Å². The van der Waals surface area contributed by atoms with E-state index in [2.05, 4.69) is 0 Å². The highest BCUT2D eigenvalue weighted by Gasteiger charge is 2.34. The van der Waals surface area contributed by atoms with Gasteiger partial charge in [0.05, 0.1) is 11.3 Å². The number of amides is 2. The van der Waals surface area contributed by atoms with Crippen molar-refractivity contribution in [1.29, 1.82) is 0 Å². The molecular weight excluding hydrogens is 285 g/mol. The minimum Gasteiger partial charge on any atom is -0.343 e. The Hall–Kier alpha value is -2.05. The van der Waals surface area contributed by atoms with Crippen LogP contribution < -0.4 is 10.2 Å². The van der Waals surface area contributed by atoms with Crippen molar-refractivity contribution < 1.29 is 22.8 Å². The first kappa shape index (κ1) is 15.3. The van der Waals surface area contributed by atoms with Crippen LogP contribution in [0.15, 0.2) is 24.3 Å². The lowest BCUT2D eigenvalue weighted by atomic mass is 10.1. The largest absolute Gasteiger partial charge is 0.405 e. The number of carbonyl (C=O) groups excluding carboxylic acids is 2. The first-order valence-corrected chi connectivity index (χ1v) is 6.51. The number of alkyl halides is 3. The number of hydrogen-bond acceptors (Lipinski definition) is 2. The van der Waals surface area contributed by atoms with Crippen LogP contribution in [0.1, 0.15) is 23.2 Å². The molecule has 2 amide bonds. The molecule has 0 heterocycles. The molecule has 0 aliphatic heterocycles. The smallest absolute Gasteiger partial charge is 0.343 e. The number of hydrogen-bond donors (Lipinski definition) is 1. The van der Waals surface area contributed by atoms with E-state index >= 15 is 0 Å². The third-order valence-electron chi connectivity index (χ3n) is 3.22. The maximum absolute atomic E-state index is 12.2. The highest BCUT2D eigenvalue weighted by atomic mass is 19.4. The van der Waals surface area contributed by atoms with Crippen molar-refractivity contribution in [3.8, 4) is 0 Å². The zero-order chi connectivity index (χ0) is 15.6. The van der Waals surface area contributed by atoms with Gasteiger partial charge in [0.1, 0.15) is 6.54 Å². The number of nitrogens with one attached hydrogen (secondary N) is 1. The Bertz CT molecular complexity index is 553. The van der Waals surface area contributed by atoms with Gasteiger partial charge in [-0.25, -0.2) is 0 Å². The lowest BCUT2D eigenvalue weighted by Gasteiger charge is -2.20. The predicted molar refractivity (Wildman–Crippen MR) is 71.0 cm³/mol. The molecule has 1 aromatic rings. The lowest BCUT2D eigenvalue weighted by Crippen LogP contribution is -2.35. The Morgan fingerprint density at radius 2 is 1.90 bits per heavy atom. The Kier molecular flexibility index (Phi) is 4.20. The molecule has 0 aromatic heterocycles. The molecule has 1 N–H and O–H groups in total. The Morgan fingerprint density at radius 1 is 1.29 bits per heavy atom. The molecular formula is C14H15F3N2O2. The summed E-state index contributed by atoms with van der Waals surface area (Å²) in [6, 6.07) is 6.12. The van der Waals surface area contributed by atoms with Crippen LogP contribution in [0.25, 0.3) is 0 Å². The molecule has 0 radical (unpaired) electrons. The number of carbonyl (C=O) groups is 2. The van der Waals surface area contributed by atoms with Crippen LogP contribution in [0, 0.1) is 5.92 Å². The zero-order valence-electron chi connectivity index (χ0n) is 11.4. The van der Waals surface area contributed by atoms with Gasteiger partial charge in [-0.1, -0.05) is 12.1 Å². The molecule has 2 rings (SSSR count). The summed E-state index contributed by atoms with van der Waals surface area (Å²) in [5.41, 5.74) is 0.368. The molecule has 7 heteroatoms. The summed E-state index contributed by atoms with van der Waals surface area (Å²) in [5, 5.41) is 1.82. The Balaban J connectivity index is 2.16. The highest BCUT2D eigenvalue weighted by molar-refractivity contribution is 6.05. The molecule has 0 atom stereocenters. The average Bonchev–Trinajstić information content (AvgIpc) is 3.27. The van der Waals surface area contributed by atoms with Gasteiger partial charge >= 0.3 is 6.18 Å². The van der Waals surface area contributed by atoms with Gasteiger partial charge < -0.3 is 10.2 Å². The molecule has 1 aliphatic carbocycles. The summed E-state index contributed by atoms with van der Waals surface area (Å²) in [6.45, 7) is -1.40. The predicted octanol–water partition coefficient (Wildman–Crippen LogP) is 2.35. The molecule has 1 aliphatic rings. The first-order valence-electron chi connectivity index (χ1n) is 6.51. The molecule has 0 spiro atoms. The summed E-state index contributed by atoms with van der Waals surface area (Å²) in [4.78, 5) is 25.2. The summed E-state index contributed by atoms with van der Waals surface area (Å²) < 4.78 is 36.5. The number of para-hydroxylation sites is 1. The van der Waals surface area contributed by atoms with Crippen molar-refractivity contribution in [2.24, 2.45) is 5.92 Å². The standard InChI is InChI=1S/C14H15F3N2O2/c1-19(13(21)9-6-7-9)11-5-3-2-4-10(11)12(20)18-8-14(15,16)17/h2-5,9H,6-8H2,1H3,(H,18,20). The van der Waals surface area contributed by atoms with Crippen molar-refractivity contribution in [3.63, 3.8) is 0 Å². The number of nitrogens with zero attached hydrogens (tertiary/aromatic N) is 1. The van der Waals surface area contributed by atoms with Crippen LogP contribution >= 0.6 is 0 Å². The Labute approximate surface area is 119 Å². The van der Waals surface area contributed by atoms with Gasteiger partial charge in [0.25, 0.3) is 5.91 Å². The average molecular weight is 300 g/mol. The van der Waals surface area contributed by atoms with Gasteiger partial charge in [0.15, 0.2) is 0 Å². The second kappa shape index (κ2) is 5.75. The van der Waals surface area contributed by atoms with Crippen LogP contribution in [-0.2, 0) is 4.79 Å². The van der Waals surface area contributed by atoms with Gasteiger partial charge in [0, 0.05) is 13.0 Å². The Morgan fingerprint density at radius 3 is 2.48 bits per heavy atom. The maximum atomic E-state index is 12.2. The zero-order valence-corrected chi connectivity index (χ0v) is 11.4. The van der Waals surface area contributed by atoms with Crippen LogP contribution in [0.5, 0.6) is 0 Å². The quantitative estimate of drug-likeness (QED) is 0.928. The van der Waals surface area contributed by atoms with Crippen LogP contribution in [0.3, 0.4) is 0 Å². The van der Waals surface area contributed by atoms with E-state index in [9.17, 15) is 22.8 Å². The highest BCUT2D eigenvalue weighted by Crippen LogP contribution is 2.33. The third kappa shape index (κ3) is 3.96. The monoisotopic (exact) mass is 300 g/mol. The van der Waals surface area contributed by atoms with Gasteiger partial charge in [0.2, 0.25) is 5.91 Å². The van der Waals surface area contributed by atoms with E-state index in [0.717, 1.165) is 12.8 Å². The number of halogens is 3. The van der Waals surface area contributed by atoms with Gasteiger partial charge in [-0.15, -0.1) is 0 Å². The van der Waals surface area contributed by atoms with Crippen molar-refractivity contribution in [1.82, 2.24) is 5.32 Å². The fraction of sp³-hybridized carbons (Fsp3) is 0.429. The van der Waals surface area contributed by atoms with Crippen molar-refractivity contribution in [2.75, 3.05) is 18.5 Å². The number of rotatable bonds is 4. The molecule has 1 saturated carbocycles. The molecule has 21 heavy (non-hydrogen) atoms. The summed E-state index contributed by atoms with van der Waals surface area (Å²) in [5.74, 6) is -1.01. The minimum absolute atomic E-state index is 0.0405. The van der Waals surface area contributed by atoms with Crippen molar-refractivity contribution >= 4 is 17.5 Å². The summed E-state index contributed by atoms with van der Waals surface area (Å²) >= 11 is 0. The summed E-state index contributed by atoms with van der Waals surface area (Å²) in [6.07, 6.45) is -2.85. The maximum Gasteiger partial charge on any atom is 0.405 e. The molecule has 4 nitrogen and oxygen atoms in total. The van der Waals surface area contributed by atoms with Crippen molar-refractivity contribution in [2.45, 2.75) is 19.0 Å². The molecule has 0 bridgehead atoms. The van der Waals surface area contributed by atoms with E-state index in [1.54, 1.807) is 18.2 Å². The molecule has 0 saturated heterocycles. The van der Waals surface area contributed by atoms with E-state index in [0.29, 0.717) is 5.69 Å². The number of benzene rings is 1. The fourth-order valence-corrected chi connectivity index (χ4v) is 1.96.